The van der Waals surface area contributed by atoms with Crippen LogP contribution in [0.15, 0.2) is 18.2 Å². The summed E-state index contributed by atoms with van der Waals surface area (Å²) in [4.78, 5) is 2.27. The highest BCUT2D eigenvalue weighted by molar-refractivity contribution is 5.28. The van der Waals surface area contributed by atoms with Gasteiger partial charge in [-0.25, -0.2) is 4.39 Å². The van der Waals surface area contributed by atoms with Crippen molar-refractivity contribution in [2.45, 2.75) is 45.6 Å². The fourth-order valence-electron chi connectivity index (χ4n) is 2.92. The minimum absolute atomic E-state index is 0.0772. The van der Waals surface area contributed by atoms with Crippen molar-refractivity contribution in [3.8, 4) is 0 Å². The van der Waals surface area contributed by atoms with Crippen LogP contribution in [0.3, 0.4) is 0 Å². The smallest absolute Gasteiger partial charge is 0.127 e. The molecule has 0 aromatic heterocycles. The average Bonchev–Trinajstić information content (AvgIpc) is 2.48. The van der Waals surface area contributed by atoms with Crippen LogP contribution in [-0.4, -0.2) is 31.2 Å². The highest BCUT2D eigenvalue weighted by Crippen LogP contribution is 2.26. The Morgan fingerprint density at radius 3 is 2.65 bits per heavy atom. The lowest BCUT2D eigenvalue weighted by Gasteiger charge is -2.27. The summed E-state index contributed by atoms with van der Waals surface area (Å²) in [7, 11) is 0. The van der Waals surface area contributed by atoms with Gasteiger partial charge in [0.05, 0.1) is 13.2 Å². The topological polar surface area (TPSA) is 12.5 Å². The van der Waals surface area contributed by atoms with Crippen LogP contribution in [0.5, 0.6) is 0 Å². The SMILES string of the molecule is CCCC(CC)c1ccc(F)c(CN2CCOCC2)c1. The molecule has 0 aliphatic carbocycles. The van der Waals surface area contributed by atoms with Crippen LogP contribution in [0.25, 0.3) is 0 Å². The molecule has 112 valence electrons. The second-order valence-corrected chi connectivity index (χ2v) is 5.63. The molecule has 1 aliphatic heterocycles. The Morgan fingerprint density at radius 2 is 2.00 bits per heavy atom. The van der Waals surface area contributed by atoms with Crippen LogP contribution in [0, 0.1) is 5.82 Å². The first-order chi connectivity index (χ1) is 9.74. The summed E-state index contributed by atoms with van der Waals surface area (Å²) in [6, 6.07) is 5.68. The third kappa shape index (κ3) is 4.03. The average molecular weight is 279 g/mol. The van der Waals surface area contributed by atoms with Gasteiger partial charge in [-0.15, -0.1) is 0 Å². The van der Waals surface area contributed by atoms with E-state index in [2.05, 4.69) is 24.8 Å². The maximum atomic E-state index is 14.0. The Hall–Kier alpha value is -0.930. The Labute approximate surface area is 121 Å². The van der Waals surface area contributed by atoms with E-state index in [1.165, 1.54) is 18.4 Å². The summed E-state index contributed by atoms with van der Waals surface area (Å²) in [5.41, 5.74) is 2.12. The number of ether oxygens (including phenoxy) is 1. The van der Waals surface area contributed by atoms with Gasteiger partial charge < -0.3 is 4.74 Å². The van der Waals surface area contributed by atoms with Gasteiger partial charge in [0.15, 0.2) is 0 Å². The Balaban J connectivity index is 2.10. The number of rotatable bonds is 6. The summed E-state index contributed by atoms with van der Waals surface area (Å²) < 4.78 is 19.4. The summed E-state index contributed by atoms with van der Waals surface area (Å²) in [5, 5.41) is 0. The lowest BCUT2D eigenvalue weighted by molar-refractivity contribution is 0.0337. The zero-order valence-electron chi connectivity index (χ0n) is 12.7. The van der Waals surface area contributed by atoms with Crippen LogP contribution in [0.1, 0.15) is 50.2 Å². The molecule has 0 bridgehead atoms. The van der Waals surface area contributed by atoms with Crippen molar-refractivity contribution in [2.24, 2.45) is 0 Å². The van der Waals surface area contributed by atoms with E-state index in [4.69, 9.17) is 4.74 Å². The van der Waals surface area contributed by atoms with Gasteiger partial charge in [-0.05, 0) is 30.4 Å². The quantitative estimate of drug-likeness (QED) is 0.781. The van der Waals surface area contributed by atoms with Crippen molar-refractivity contribution in [2.75, 3.05) is 26.3 Å². The van der Waals surface area contributed by atoms with E-state index in [0.717, 1.165) is 38.3 Å². The summed E-state index contributed by atoms with van der Waals surface area (Å²) in [5.74, 6) is 0.482. The predicted octanol–water partition coefficient (Wildman–Crippen LogP) is 3.95. The first kappa shape index (κ1) is 15.5. The Bertz CT molecular complexity index is 415. The van der Waals surface area contributed by atoms with Crippen molar-refractivity contribution >= 4 is 0 Å². The molecule has 1 unspecified atom stereocenters. The van der Waals surface area contributed by atoms with Gasteiger partial charge in [0, 0.05) is 25.2 Å². The van der Waals surface area contributed by atoms with Gasteiger partial charge in [0.25, 0.3) is 0 Å². The minimum Gasteiger partial charge on any atom is -0.379 e. The van der Waals surface area contributed by atoms with Gasteiger partial charge in [0.1, 0.15) is 5.82 Å². The molecule has 1 heterocycles. The zero-order chi connectivity index (χ0) is 14.4. The summed E-state index contributed by atoms with van der Waals surface area (Å²) in [6.45, 7) is 8.44. The molecule has 0 spiro atoms. The molecule has 3 heteroatoms. The van der Waals surface area contributed by atoms with Crippen LogP contribution >= 0.6 is 0 Å². The van der Waals surface area contributed by atoms with Crippen molar-refractivity contribution in [3.05, 3.63) is 35.1 Å². The fraction of sp³-hybridized carbons (Fsp3) is 0.647. The number of halogens is 1. The predicted molar refractivity (Wildman–Crippen MR) is 80.4 cm³/mol. The number of hydrogen-bond acceptors (Lipinski definition) is 2. The standard InChI is InChI=1S/C17H26FNO/c1-3-5-14(4-2)15-6-7-17(18)16(12-15)13-19-8-10-20-11-9-19/h6-7,12,14H,3-5,8-11,13H2,1-2H3. The molecule has 1 atom stereocenters. The van der Waals surface area contributed by atoms with E-state index in [1.807, 2.05) is 6.07 Å². The molecule has 0 radical (unpaired) electrons. The molecule has 1 saturated heterocycles. The van der Waals surface area contributed by atoms with Gasteiger partial charge in [-0.3, -0.25) is 4.90 Å². The molecule has 2 rings (SSSR count). The second kappa shape index (κ2) is 7.75. The number of morpholine rings is 1. The molecular formula is C17H26FNO. The van der Waals surface area contributed by atoms with Crippen molar-refractivity contribution in [1.82, 2.24) is 4.90 Å². The third-order valence-electron chi connectivity index (χ3n) is 4.17. The monoisotopic (exact) mass is 279 g/mol. The summed E-state index contributed by atoms with van der Waals surface area (Å²) in [6.07, 6.45) is 3.48. The maximum absolute atomic E-state index is 14.0. The van der Waals surface area contributed by atoms with Crippen LogP contribution in [-0.2, 0) is 11.3 Å². The Kier molecular flexibility index (Phi) is 5.99. The largest absolute Gasteiger partial charge is 0.379 e. The van der Waals surface area contributed by atoms with Gasteiger partial charge in [0.2, 0.25) is 0 Å². The van der Waals surface area contributed by atoms with Gasteiger partial charge >= 0.3 is 0 Å². The van der Waals surface area contributed by atoms with Gasteiger partial charge in [-0.1, -0.05) is 32.4 Å². The molecule has 1 aliphatic rings. The lowest BCUT2D eigenvalue weighted by Crippen LogP contribution is -2.35. The van der Waals surface area contributed by atoms with Crippen molar-refractivity contribution < 1.29 is 9.13 Å². The molecule has 1 aromatic carbocycles. The highest BCUT2D eigenvalue weighted by atomic mass is 19.1. The molecule has 0 saturated carbocycles. The molecule has 1 aromatic rings. The Morgan fingerprint density at radius 1 is 1.25 bits per heavy atom. The van der Waals surface area contributed by atoms with E-state index in [0.29, 0.717) is 12.5 Å². The minimum atomic E-state index is -0.0772. The van der Waals surface area contributed by atoms with Crippen LogP contribution < -0.4 is 0 Å². The van der Waals surface area contributed by atoms with Crippen LogP contribution in [0.2, 0.25) is 0 Å². The van der Waals surface area contributed by atoms with E-state index in [9.17, 15) is 4.39 Å². The van der Waals surface area contributed by atoms with E-state index in [1.54, 1.807) is 6.07 Å². The maximum Gasteiger partial charge on any atom is 0.127 e. The second-order valence-electron chi connectivity index (χ2n) is 5.63. The normalized spacial score (nSPS) is 18.1. The first-order valence-corrected chi connectivity index (χ1v) is 7.83. The van der Waals surface area contributed by atoms with Crippen molar-refractivity contribution in [1.29, 1.82) is 0 Å². The number of nitrogens with zero attached hydrogens (tertiary/aromatic N) is 1. The molecule has 1 fully saturated rings. The molecule has 0 amide bonds. The molecular weight excluding hydrogens is 253 g/mol. The third-order valence-corrected chi connectivity index (χ3v) is 4.17. The number of hydrogen-bond donors (Lipinski definition) is 0. The van der Waals surface area contributed by atoms with Crippen LogP contribution in [0.4, 0.5) is 4.39 Å². The summed E-state index contributed by atoms with van der Waals surface area (Å²) >= 11 is 0. The van der Waals surface area contributed by atoms with E-state index >= 15 is 0 Å². The molecule has 0 N–H and O–H groups in total. The molecule has 2 nitrogen and oxygen atoms in total. The highest BCUT2D eigenvalue weighted by Gasteiger charge is 2.15. The van der Waals surface area contributed by atoms with Crippen molar-refractivity contribution in [3.63, 3.8) is 0 Å². The zero-order valence-corrected chi connectivity index (χ0v) is 12.7. The van der Waals surface area contributed by atoms with E-state index in [-0.39, 0.29) is 5.82 Å². The molecule has 20 heavy (non-hydrogen) atoms. The lowest BCUT2D eigenvalue weighted by atomic mass is 9.91. The first-order valence-electron chi connectivity index (χ1n) is 7.83. The number of benzene rings is 1. The van der Waals surface area contributed by atoms with E-state index < -0.39 is 0 Å². The van der Waals surface area contributed by atoms with Gasteiger partial charge in [-0.2, -0.15) is 0 Å². The fourth-order valence-corrected chi connectivity index (χ4v) is 2.92.